The third kappa shape index (κ3) is 3.69. The fourth-order valence-electron chi connectivity index (χ4n) is 2.33. The summed E-state index contributed by atoms with van der Waals surface area (Å²) in [5.41, 5.74) is 3.91. The summed E-state index contributed by atoms with van der Waals surface area (Å²) in [6, 6.07) is 19.3. The van der Waals surface area contributed by atoms with Gasteiger partial charge in [0.1, 0.15) is 0 Å². The first-order valence-electron chi connectivity index (χ1n) is 7.09. The maximum Gasteiger partial charge on any atom is 0.0667 e. The SMILES string of the molecule is COC(C)CNC(c1ccccc1)c1ccccc1C. The lowest BCUT2D eigenvalue weighted by molar-refractivity contribution is 0.115. The number of ether oxygens (including phenoxy) is 1. The highest BCUT2D eigenvalue weighted by Crippen LogP contribution is 2.24. The zero-order chi connectivity index (χ0) is 14.4. The van der Waals surface area contributed by atoms with Gasteiger partial charge in [0, 0.05) is 13.7 Å². The van der Waals surface area contributed by atoms with Gasteiger partial charge in [-0.3, -0.25) is 0 Å². The van der Waals surface area contributed by atoms with Crippen LogP contribution in [0.25, 0.3) is 0 Å². The lowest BCUT2D eigenvalue weighted by Gasteiger charge is -2.23. The van der Waals surface area contributed by atoms with E-state index in [1.807, 2.05) is 0 Å². The third-order valence-electron chi connectivity index (χ3n) is 3.64. The second-order valence-electron chi connectivity index (χ2n) is 5.15. The summed E-state index contributed by atoms with van der Waals surface area (Å²) in [6.07, 6.45) is 0.199. The van der Waals surface area contributed by atoms with E-state index < -0.39 is 0 Å². The lowest BCUT2D eigenvalue weighted by atomic mass is 9.95. The molecule has 0 aromatic heterocycles. The van der Waals surface area contributed by atoms with Gasteiger partial charge in [0.2, 0.25) is 0 Å². The molecule has 106 valence electrons. The number of rotatable bonds is 6. The normalized spacial score (nSPS) is 13.9. The predicted octanol–water partition coefficient (Wildman–Crippen LogP) is 3.71. The first-order chi connectivity index (χ1) is 9.72. The van der Waals surface area contributed by atoms with Gasteiger partial charge in [0.15, 0.2) is 0 Å². The van der Waals surface area contributed by atoms with Crippen molar-refractivity contribution in [1.82, 2.24) is 5.32 Å². The van der Waals surface area contributed by atoms with E-state index in [0.717, 1.165) is 6.54 Å². The number of methoxy groups -OCH3 is 1. The molecule has 0 spiro atoms. The van der Waals surface area contributed by atoms with Crippen molar-refractivity contribution < 1.29 is 4.74 Å². The van der Waals surface area contributed by atoms with Crippen LogP contribution in [0, 0.1) is 6.92 Å². The Hall–Kier alpha value is -1.64. The van der Waals surface area contributed by atoms with Crippen molar-refractivity contribution in [1.29, 1.82) is 0 Å². The van der Waals surface area contributed by atoms with Crippen LogP contribution in [0.5, 0.6) is 0 Å². The molecule has 1 N–H and O–H groups in total. The van der Waals surface area contributed by atoms with Gasteiger partial charge in [0.05, 0.1) is 12.1 Å². The van der Waals surface area contributed by atoms with Gasteiger partial charge in [0.25, 0.3) is 0 Å². The van der Waals surface area contributed by atoms with Crippen molar-refractivity contribution in [2.24, 2.45) is 0 Å². The van der Waals surface area contributed by atoms with Crippen LogP contribution in [0.4, 0.5) is 0 Å². The summed E-state index contributed by atoms with van der Waals surface area (Å²) in [7, 11) is 1.75. The van der Waals surface area contributed by atoms with Gasteiger partial charge in [-0.1, -0.05) is 54.6 Å². The van der Waals surface area contributed by atoms with E-state index in [1.54, 1.807) is 7.11 Å². The molecule has 20 heavy (non-hydrogen) atoms. The third-order valence-corrected chi connectivity index (χ3v) is 3.64. The Kier molecular flexibility index (Phi) is 5.33. The van der Waals surface area contributed by atoms with Crippen LogP contribution < -0.4 is 5.32 Å². The van der Waals surface area contributed by atoms with E-state index in [1.165, 1.54) is 16.7 Å². The number of hydrogen-bond acceptors (Lipinski definition) is 2. The molecule has 0 fully saturated rings. The van der Waals surface area contributed by atoms with Gasteiger partial charge in [-0.15, -0.1) is 0 Å². The van der Waals surface area contributed by atoms with Crippen molar-refractivity contribution in [3.8, 4) is 0 Å². The first kappa shape index (κ1) is 14.8. The maximum atomic E-state index is 5.34. The molecule has 0 aliphatic carbocycles. The highest BCUT2D eigenvalue weighted by molar-refractivity contribution is 5.36. The molecule has 2 unspecified atom stereocenters. The zero-order valence-corrected chi connectivity index (χ0v) is 12.5. The minimum Gasteiger partial charge on any atom is -0.380 e. The molecule has 0 amide bonds. The smallest absolute Gasteiger partial charge is 0.0667 e. The molecule has 2 aromatic carbocycles. The molecule has 0 aliphatic rings. The number of aryl methyl sites for hydroxylation is 1. The average Bonchev–Trinajstić information content (AvgIpc) is 2.50. The average molecular weight is 269 g/mol. The first-order valence-corrected chi connectivity index (χ1v) is 7.09. The van der Waals surface area contributed by atoms with Crippen molar-refractivity contribution in [2.45, 2.75) is 26.0 Å². The highest BCUT2D eigenvalue weighted by Gasteiger charge is 2.16. The summed E-state index contributed by atoms with van der Waals surface area (Å²) in [5.74, 6) is 0. The standard InChI is InChI=1S/C18H23NO/c1-14-9-7-8-12-17(14)18(19-13-15(2)20-3)16-10-5-4-6-11-16/h4-12,15,18-19H,13H2,1-3H3. The van der Waals surface area contributed by atoms with Crippen molar-refractivity contribution in [3.63, 3.8) is 0 Å². The van der Waals surface area contributed by atoms with Crippen LogP contribution in [0.2, 0.25) is 0 Å². The Labute approximate surface area is 121 Å². The van der Waals surface area contributed by atoms with Gasteiger partial charge >= 0.3 is 0 Å². The molecule has 0 radical (unpaired) electrons. The molecule has 0 bridgehead atoms. The van der Waals surface area contributed by atoms with Crippen LogP contribution in [-0.2, 0) is 4.74 Å². The summed E-state index contributed by atoms with van der Waals surface area (Å²) < 4.78 is 5.34. The van der Waals surface area contributed by atoms with Crippen LogP contribution in [0.15, 0.2) is 54.6 Å². The zero-order valence-electron chi connectivity index (χ0n) is 12.5. The number of nitrogens with one attached hydrogen (secondary N) is 1. The van der Waals surface area contributed by atoms with E-state index >= 15 is 0 Å². The van der Waals surface area contributed by atoms with E-state index in [2.05, 4.69) is 73.8 Å². The molecule has 0 heterocycles. The van der Waals surface area contributed by atoms with Crippen molar-refractivity contribution >= 4 is 0 Å². The molecule has 2 rings (SSSR count). The molecule has 2 heteroatoms. The number of benzene rings is 2. The van der Waals surface area contributed by atoms with Crippen molar-refractivity contribution in [2.75, 3.05) is 13.7 Å². The molecule has 0 saturated carbocycles. The van der Waals surface area contributed by atoms with Crippen LogP contribution >= 0.6 is 0 Å². The van der Waals surface area contributed by atoms with Gasteiger partial charge < -0.3 is 10.1 Å². The fraction of sp³-hybridized carbons (Fsp3) is 0.333. The maximum absolute atomic E-state index is 5.34. The molecular weight excluding hydrogens is 246 g/mol. The van der Waals surface area contributed by atoms with Crippen molar-refractivity contribution in [3.05, 3.63) is 71.3 Å². The minimum absolute atomic E-state index is 0.199. The largest absolute Gasteiger partial charge is 0.380 e. The molecule has 0 aliphatic heterocycles. The Morgan fingerprint density at radius 3 is 2.30 bits per heavy atom. The molecule has 2 nitrogen and oxygen atoms in total. The lowest BCUT2D eigenvalue weighted by Crippen LogP contribution is -2.30. The second kappa shape index (κ2) is 7.22. The topological polar surface area (TPSA) is 21.3 Å². The predicted molar refractivity (Wildman–Crippen MR) is 83.9 cm³/mol. The highest BCUT2D eigenvalue weighted by atomic mass is 16.5. The van der Waals surface area contributed by atoms with E-state index in [-0.39, 0.29) is 12.1 Å². The van der Waals surface area contributed by atoms with Gasteiger partial charge in [-0.05, 0) is 30.5 Å². The van der Waals surface area contributed by atoms with Crippen LogP contribution in [-0.4, -0.2) is 19.8 Å². The van der Waals surface area contributed by atoms with E-state index in [9.17, 15) is 0 Å². The monoisotopic (exact) mass is 269 g/mol. The Bertz CT molecular complexity index is 524. The summed E-state index contributed by atoms with van der Waals surface area (Å²) in [5, 5.41) is 3.62. The van der Waals surface area contributed by atoms with E-state index in [4.69, 9.17) is 4.74 Å². The minimum atomic E-state index is 0.199. The molecular formula is C18H23NO. The van der Waals surface area contributed by atoms with Crippen LogP contribution in [0.1, 0.15) is 29.7 Å². The van der Waals surface area contributed by atoms with Gasteiger partial charge in [-0.2, -0.15) is 0 Å². The Morgan fingerprint density at radius 1 is 1.00 bits per heavy atom. The van der Waals surface area contributed by atoms with E-state index in [0.29, 0.717) is 0 Å². The summed E-state index contributed by atoms with van der Waals surface area (Å²) in [4.78, 5) is 0. The van der Waals surface area contributed by atoms with Crippen LogP contribution in [0.3, 0.4) is 0 Å². The summed E-state index contributed by atoms with van der Waals surface area (Å²) in [6.45, 7) is 5.06. The quantitative estimate of drug-likeness (QED) is 0.863. The fourth-order valence-corrected chi connectivity index (χ4v) is 2.33. The van der Waals surface area contributed by atoms with Gasteiger partial charge in [-0.25, -0.2) is 0 Å². The second-order valence-corrected chi connectivity index (χ2v) is 5.15. The molecule has 2 aromatic rings. The Balaban J connectivity index is 2.27. The molecule has 2 atom stereocenters. The summed E-state index contributed by atoms with van der Waals surface area (Å²) >= 11 is 0. The number of hydrogen-bond donors (Lipinski definition) is 1. The molecule has 0 saturated heterocycles. The Morgan fingerprint density at radius 2 is 1.65 bits per heavy atom.